The van der Waals surface area contributed by atoms with Crippen molar-refractivity contribution in [2.75, 3.05) is 6.54 Å². The summed E-state index contributed by atoms with van der Waals surface area (Å²) < 4.78 is 5.07. The van der Waals surface area contributed by atoms with E-state index in [1.807, 2.05) is 6.92 Å². The molecule has 0 bridgehead atoms. The summed E-state index contributed by atoms with van der Waals surface area (Å²) in [4.78, 5) is 11.9. The minimum atomic E-state index is -0.0862. The lowest BCUT2D eigenvalue weighted by atomic mass is 10.1. The third-order valence-corrected chi connectivity index (χ3v) is 3.55. The van der Waals surface area contributed by atoms with E-state index >= 15 is 0 Å². The largest absolute Gasteiger partial charge is 0.469 e. The van der Waals surface area contributed by atoms with Crippen LogP contribution in [0.4, 0.5) is 0 Å². The molecule has 1 heterocycles. The molecule has 0 fully saturated rings. The summed E-state index contributed by atoms with van der Waals surface area (Å²) in [6, 6.07) is 1.73. The summed E-state index contributed by atoms with van der Waals surface area (Å²) in [5.41, 5.74) is 0.580. The van der Waals surface area contributed by atoms with Crippen molar-refractivity contribution < 1.29 is 9.21 Å². The number of carbonyl (C=O) groups is 1. The number of hydrogen-bond donors (Lipinski definition) is 1. The maximum atomic E-state index is 11.6. The highest BCUT2D eigenvalue weighted by atomic mass is 79.9. The SMILES string of the molecule is Cc1cc(C(=O)NCC(Br)C(C)C)co1. The first kappa shape index (κ1) is 12.3. The molecule has 1 unspecified atom stereocenters. The highest BCUT2D eigenvalue weighted by Crippen LogP contribution is 2.11. The zero-order chi connectivity index (χ0) is 11.4. The number of furan rings is 1. The summed E-state index contributed by atoms with van der Waals surface area (Å²) in [7, 11) is 0. The third kappa shape index (κ3) is 3.70. The molecule has 0 saturated carbocycles. The molecule has 15 heavy (non-hydrogen) atoms. The zero-order valence-corrected chi connectivity index (χ0v) is 10.8. The molecule has 1 N–H and O–H groups in total. The van der Waals surface area contributed by atoms with Gasteiger partial charge in [-0.25, -0.2) is 0 Å². The summed E-state index contributed by atoms with van der Waals surface area (Å²) >= 11 is 3.51. The van der Waals surface area contributed by atoms with Crippen molar-refractivity contribution in [1.82, 2.24) is 5.32 Å². The lowest BCUT2D eigenvalue weighted by Crippen LogP contribution is -2.31. The molecule has 1 aromatic rings. The number of alkyl halides is 1. The highest BCUT2D eigenvalue weighted by molar-refractivity contribution is 9.09. The first-order chi connectivity index (χ1) is 7.00. The molecular weight excluding hydrogens is 258 g/mol. The number of rotatable bonds is 4. The van der Waals surface area contributed by atoms with Crippen molar-refractivity contribution in [3.8, 4) is 0 Å². The molecule has 3 nitrogen and oxygen atoms in total. The van der Waals surface area contributed by atoms with Gasteiger partial charge in [0.1, 0.15) is 12.0 Å². The van der Waals surface area contributed by atoms with Gasteiger partial charge in [-0.15, -0.1) is 0 Å². The molecule has 4 heteroatoms. The normalized spacial score (nSPS) is 12.9. The van der Waals surface area contributed by atoms with Gasteiger partial charge in [-0.1, -0.05) is 29.8 Å². The molecule has 1 atom stereocenters. The number of carbonyl (C=O) groups excluding carboxylic acids is 1. The quantitative estimate of drug-likeness (QED) is 0.858. The van der Waals surface area contributed by atoms with Crippen LogP contribution in [-0.2, 0) is 0 Å². The van der Waals surface area contributed by atoms with Crippen LogP contribution in [0.5, 0.6) is 0 Å². The van der Waals surface area contributed by atoms with E-state index < -0.39 is 0 Å². The molecule has 0 aromatic carbocycles. The smallest absolute Gasteiger partial charge is 0.254 e. The van der Waals surface area contributed by atoms with Crippen LogP contribution < -0.4 is 5.32 Å². The van der Waals surface area contributed by atoms with Gasteiger partial charge in [-0.2, -0.15) is 0 Å². The fraction of sp³-hybridized carbons (Fsp3) is 0.545. The maximum absolute atomic E-state index is 11.6. The van der Waals surface area contributed by atoms with E-state index in [0.717, 1.165) is 5.76 Å². The van der Waals surface area contributed by atoms with Gasteiger partial charge in [0.15, 0.2) is 0 Å². The molecular formula is C11H16BrNO2. The Balaban J connectivity index is 2.43. The Bertz CT molecular complexity index is 333. The number of hydrogen-bond acceptors (Lipinski definition) is 2. The van der Waals surface area contributed by atoms with Crippen LogP contribution in [0.1, 0.15) is 30.0 Å². The predicted molar refractivity (Wildman–Crippen MR) is 63.3 cm³/mol. The summed E-state index contributed by atoms with van der Waals surface area (Å²) in [6.07, 6.45) is 1.48. The molecule has 0 saturated heterocycles. The number of nitrogens with one attached hydrogen (secondary N) is 1. The predicted octanol–water partition coefficient (Wildman–Crippen LogP) is 2.74. The Morgan fingerprint density at radius 3 is 2.73 bits per heavy atom. The topological polar surface area (TPSA) is 42.2 Å². The van der Waals surface area contributed by atoms with Crippen LogP contribution in [0.25, 0.3) is 0 Å². The molecule has 0 aliphatic carbocycles. The van der Waals surface area contributed by atoms with Gasteiger partial charge in [-0.05, 0) is 18.9 Å². The molecule has 1 amide bonds. The lowest BCUT2D eigenvalue weighted by Gasteiger charge is -2.13. The van der Waals surface area contributed by atoms with Gasteiger partial charge in [0.25, 0.3) is 5.91 Å². The Hall–Kier alpha value is -0.770. The average molecular weight is 274 g/mol. The molecule has 0 aliphatic rings. The number of halogens is 1. The fourth-order valence-corrected chi connectivity index (χ4v) is 1.25. The molecule has 0 aliphatic heterocycles. The van der Waals surface area contributed by atoms with Gasteiger partial charge in [0.05, 0.1) is 5.56 Å². The Kier molecular flexibility index (Phi) is 4.39. The third-order valence-electron chi connectivity index (χ3n) is 2.17. The first-order valence-electron chi connectivity index (χ1n) is 4.98. The molecule has 84 valence electrons. The van der Waals surface area contributed by atoms with Crippen LogP contribution in [0, 0.1) is 12.8 Å². The lowest BCUT2D eigenvalue weighted by molar-refractivity contribution is 0.0952. The van der Waals surface area contributed by atoms with Crippen molar-refractivity contribution in [2.24, 2.45) is 5.92 Å². The van der Waals surface area contributed by atoms with E-state index in [-0.39, 0.29) is 5.91 Å². The highest BCUT2D eigenvalue weighted by Gasteiger charge is 2.12. The van der Waals surface area contributed by atoms with E-state index in [1.165, 1.54) is 6.26 Å². The van der Waals surface area contributed by atoms with Gasteiger partial charge >= 0.3 is 0 Å². The average Bonchev–Trinajstić information content (AvgIpc) is 2.60. The Morgan fingerprint density at radius 2 is 2.27 bits per heavy atom. The second-order valence-electron chi connectivity index (χ2n) is 3.92. The van der Waals surface area contributed by atoms with Crippen LogP contribution in [-0.4, -0.2) is 17.3 Å². The Labute approximate surface area is 98.4 Å². The maximum Gasteiger partial charge on any atom is 0.254 e. The van der Waals surface area contributed by atoms with Crippen molar-refractivity contribution in [1.29, 1.82) is 0 Å². The van der Waals surface area contributed by atoms with Crippen LogP contribution >= 0.6 is 15.9 Å². The minimum absolute atomic E-state index is 0.0862. The van der Waals surface area contributed by atoms with E-state index in [4.69, 9.17) is 4.42 Å². The molecule has 0 spiro atoms. The van der Waals surface area contributed by atoms with Crippen LogP contribution in [0.3, 0.4) is 0 Å². The first-order valence-corrected chi connectivity index (χ1v) is 5.89. The number of amides is 1. The van der Waals surface area contributed by atoms with E-state index in [2.05, 4.69) is 35.1 Å². The molecule has 1 rings (SSSR count). The van der Waals surface area contributed by atoms with Gasteiger partial charge in [-0.3, -0.25) is 4.79 Å². The summed E-state index contributed by atoms with van der Waals surface area (Å²) in [6.45, 7) is 6.65. The van der Waals surface area contributed by atoms with Crippen molar-refractivity contribution in [2.45, 2.75) is 25.6 Å². The molecule has 0 radical (unpaired) electrons. The van der Waals surface area contributed by atoms with E-state index in [1.54, 1.807) is 6.07 Å². The van der Waals surface area contributed by atoms with Gasteiger partial charge in [0.2, 0.25) is 0 Å². The summed E-state index contributed by atoms with van der Waals surface area (Å²) in [5, 5.41) is 2.85. The monoisotopic (exact) mass is 273 g/mol. The van der Waals surface area contributed by atoms with Crippen LogP contribution in [0.15, 0.2) is 16.7 Å². The van der Waals surface area contributed by atoms with Gasteiger partial charge < -0.3 is 9.73 Å². The minimum Gasteiger partial charge on any atom is -0.469 e. The van der Waals surface area contributed by atoms with Crippen molar-refractivity contribution >= 4 is 21.8 Å². The Morgan fingerprint density at radius 1 is 1.60 bits per heavy atom. The second-order valence-corrected chi connectivity index (χ2v) is 5.09. The van der Waals surface area contributed by atoms with Crippen molar-refractivity contribution in [3.05, 3.63) is 23.7 Å². The van der Waals surface area contributed by atoms with Gasteiger partial charge in [0, 0.05) is 11.4 Å². The molecule has 1 aromatic heterocycles. The second kappa shape index (κ2) is 5.35. The number of aryl methyl sites for hydroxylation is 1. The van der Waals surface area contributed by atoms with E-state index in [9.17, 15) is 4.79 Å². The summed E-state index contributed by atoms with van der Waals surface area (Å²) in [5.74, 6) is 1.16. The zero-order valence-electron chi connectivity index (χ0n) is 9.21. The standard InChI is InChI=1S/C11H16BrNO2/c1-7(2)10(12)5-13-11(14)9-4-8(3)15-6-9/h4,6-7,10H,5H2,1-3H3,(H,13,14). The van der Waals surface area contributed by atoms with E-state index in [0.29, 0.717) is 22.9 Å². The van der Waals surface area contributed by atoms with Crippen molar-refractivity contribution in [3.63, 3.8) is 0 Å². The van der Waals surface area contributed by atoms with Crippen LogP contribution in [0.2, 0.25) is 0 Å². The fourth-order valence-electron chi connectivity index (χ4n) is 1.09.